The lowest BCUT2D eigenvalue weighted by Crippen LogP contribution is -2.26. The third-order valence-corrected chi connectivity index (χ3v) is 4.34. The van der Waals surface area contributed by atoms with Gasteiger partial charge in [-0.05, 0) is 13.8 Å². The largest absolute Gasteiger partial charge is 0.510 e. The maximum Gasteiger partial charge on any atom is 0.510 e. The van der Waals surface area contributed by atoms with E-state index in [0.717, 1.165) is 16.9 Å². The van der Waals surface area contributed by atoms with Crippen LogP contribution in [0.2, 0.25) is 0 Å². The molecule has 14 nitrogen and oxygen atoms in total. The minimum atomic E-state index is -1.62. The standard InChI is InChI=1S/C20H24N4O10/c1-9(2)18(34-20(28)33-10(3)4)23-21-15(16(22-23)19(26)27)17(25)11-7-13(31-5)14(32-6)8-12(11)24(29)30/h7-10,18H,1-6H3,(H,26,27). The van der Waals surface area contributed by atoms with Crippen molar-refractivity contribution in [3.63, 3.8) is 0 Å². The highest BCUT2D eigenvalue weighted by molar-refractivity contribution is 6.14. The minimum Gasteiger partial charge on any atom is -0.493 e. The second-order valence-electron chi connectivity index (χ2n) is 7.50. The Kier molecular flexibility index (Phi) is 8.11. The fraction of sp³-hybridized carbons (Fsp3) is 0.450. The molecular weight excluding hydrogens is 456 g/mol. The van der Waals surface area contributed by atoms with Crippen molar-refractivity contribution in [1.82, 2.24) is 15.0 Å². The van der Waals surface area contributed by atoms with Crippen LogP contribution in [0.1, 0.15) is 60.5 Å². The highest BCUT2D eigenvalue weighted by Gasteiger charge is 2.34. The summed E-state index contributed by atoms with van der Waals surface area (Å²) in [4.78, 5) is 48.5. The molecule has 0 saturated heterocycles. The molecule has 0 aliphatic heterocycles. The summed E-state index contributed by atoms with van der Waals surface area (Å²) >= 11 is 0. The second kappa shape index (κ2) is 10.6. The number of rotatable bonds is 10. The Balaban J connectivity index is 2.62. The number of hydrogen-bond donors (Lipinski definition) is 1. The van der Waals surface area contributed by atoms with Crippen LogP contribution in [0.15, 0.2) is 12.1 Å². The van der Waals surface area contributed by atoms with Gasteiger partial charge in [0.2, 0.25) is 17.7 Å². The first-order chi connectivity index (χ1) is 15.9. The normalized spacial score (nSPS) is 11.8. The number of ketones is 1. The third kappa shape index (κ3) is 5.57. The summed E-state index contributed by atoms with van der Waals surface area (Å²) in [5.41, 5.74) is -2.65. The van der Waals surface area contributed by atoms with Crippen molar-refractivity contribution < 1.29 is 43.4 Å². The zero-order valence-corrected chi connectivity index (χ0v) is 19.3. The number of nitrogens with zero attached hydrogens (tertiary/aromatic N) is 4. The molecule has 34 heavy (non-hydrogen) atoms. The number of nitro groups is 1. The lowest BCUT2D eigenvalue weighted by molar-refractivity contribution is -0.385. The molecule has 1 atom stereocenters. The number of carboxylic acids is 1. The van der Waals surface area contributed by atoms with Crippen LogP contribution < -0.4 is 9.47 Å². The van der Waals surface area contributed by atoms with Gasteiger partial charge < -0.3 is 24.1 Å². The lowest BCUT2D eigenvalue weighted by atomic mass is 10.0. The summed E-state index contributed by atoms with van der Waals surface area (Å²) in [6.07, 6.45) is -2.76. The summed E-state index contributed by atoms with van der Waals surface area (Å²) in [7, 11) is 2.52. The van der Waals surface area contributed by atoms with Crippen LogP contribution in [-0.4, -0.2) is 63.3 Å². The Hall–Kier alpha value is -4.23. The molecule has 1 N–H and O–H groups in total. The average molecular weight is 480 g/mol. The molecule has 0 fully saturated rings. The molecule has 0 aliphatic rings. The van der Waals surface area contributed by atoms with Crippen LogP contribution >= 0.6 is 0 Å². The molecule has 2 rings (SSSR count). The molecule has 0 aliphatic carbocycles. The summed E-state index contributed by atoms with van der Waals surface area (Å²) in [6, 6.07) is 2.01. The van der Waals surface area contributed by atoms with Crippen LogP contribution in [0.25, 0.3) is 0 Å². The van der Waals surface area contributed by atoms with E-state index < -0.39 is 63.7 Å². The zero-order chi connectivity index (χ0) is 25.7. The molecule has 184 valence electrons. The molecule has 1 aromatic heterocycles. The van der Waals surface area contributed by atoms with E-state index in [1.54, 1.807) is 27.7 Å². The Labute approximate surface area is 193 Å². The van der Waals surface area contributed by atoms with Gasteiger partial charge in [-0.15, -0.1) is 15.0 Å². The molecule has 1 heterocycles. The van der Waals surface area contributed by atoms with Gasteiger partial charge in [0.15, 0.2) is 17.2 Å². The highest BCUT2D eigenvalue weighted by Crippen LogP contribution is 2.35. The van der Waals surface area contributed by atoms with Crippen molar-refractivity contribution in [2.45, 2.75) is 40.0 Å². The molecule has 0 radical (unpaired) electrons. The van der Waals surface area contributed by atoms with E-state index in [9.17, 15) is 29.6 Å². The SMILES string of the molecule is COc1cc(C(=O)c2nn(C(OC(=O)OC(C)C)C(C)C)nc2C(=O)O)c([N+](=O)[O-])cc1OC. The number of aromatic carboxylic acids is 1. The van der Waals surface area contributed by atoms with Gasteiger partial charge in [-0.25, -0.2) is 9.59 Å². The molecule has 1 unspecified atom stereocenters. The molecule has 0 bridgehead atoms. The monoisotopic (exact) mass is 480 g/mol. The molecule has 2 aromatic rings. The smallest absolute Gasteiger partial charge is 0.493 e. The lowest BCUT2D eigenvalue weighted by Gasteiger charge is -2.20. The van der Waals surface area contributed by atoms with Crippen molar-refractivity contribution in [3.8, 4) is 11.5 Å². The predicted molar refractivity (Wildman–Crippen MR) is 113 cm³/mol. The van der Waals surface area contributed by atoms with Crippen molar-refractivity contribution in [2.24, 2.45) is 5.92 Å². The van der Waals surface area contributed by atoms with E-state index in [1.807, 2.05) is 0 Å². The summed E-state index contributed by atoms with van der Waals surface area (Å²) in [5, 5.41) is 28.9. The van der Waals surface area contributed by atoms with Crippen LogP contribution in [-0.2, 0) is 9.47 Å². The summed E-state index contributed by atoms with van der Waals surface area (Å²) < 4.78 is 20.3. The first kappa shape index (κ1) is 26.0. The topological polar surface area (TPSA) is 182 Å². The van der Waals surface area contributed by atoms with E-state index in [2.05, 4.69) is 10.2 Å². The van der Waals surface area contributed by atoms with Crippen molar-refractivity contribution in [1.29, 1.82) is 0 Å². The highest BCUT2D eigenvalue weighted by atomic mass is 16.7. The number of methoxy groups -OCH3 is 2. The fourth-order valence-corrected chi connectivity index (χ4v) is 2.83. The van der Waals surface area contributed by atoms with Gasteiger partial charge in [0.05, 0.1) is 31.3 Å². The third-order valence-electron chi connectivity index (χ3n) is 4.34. The molecule has 1 aromatic carbocycles. The second-order valence-corrected chi connectivity index (χ2v) is 7.50. The summed E-state index contributed by atoms with van der Waals surface area (Å²) in [5.74, 6) is -3.20. The van der Waals surface area contributed by atoms with Gasteiger partial charge in [-0.2, -0.15) is 0 Å². The maximum atomic E-state index is 13.2. The van der Waals surface area contributed by atoms with Gasteiger partial charge in [-0.1, -0.05) is 13.8 Å². The molecular formula is C20H24N4O10. The Bertz CT molecular complexity index is 1110. The van der Waals surface area contributed by atoms with E-state index in [1.165, 1.54) is 14.2 Å². The van der Waals surface area contributed by atoms with E-state index in [0.29, 0.717) is 0 Å². The predicted octanol–water partition coefficient (Wildman–Crippen LogP) is 2.85. The maximum absolute atomic E-state index is 13.2. The van der Waals surface area contributed by atoms with Crippen molar-refractivity contribution in [3.05, 3.63) is 39.2 Å². The number of benzene rings is 1. The quantitative estimate of drug-likeness (QED) is 0.227. The zero-order valence-electron chi connectivity index (χ0n) is 19.3. The first-order valence-electron chi connectivity index (χ1n) is 9.93. The van der Waals surface area contributed by atoms with E-state index in [4.69, 9.17) is 18.9 Å². The first-order valence-corrected chi connectivity index (χ1v) is 9.93. The van der Waals surface area contributed by atoms with Crippen LogP contribution in [0.4, 0.5) is 10.5 Å². The molecule has 0 spiro atoms. The number of carboxylic acid groups (broad SMARTS) is 1. The molecule has 14 heteroatoms. The minimum absolute atomic E-state index is 0.000498. The van der Waals surface area contributed by atoms with Gasteiger partial charge in [-0.3, -0.25) is 14.9 Å². The number of aromatic nitrogens is 3. The number of nitro benzene ring substituents is 1. The Morgan fingerprint density at radius 3 is 2.03 bits per heavy atom. The van der Waals surface area contributed by atoms with Gasteiger partial charge in [0.25, 0.3) is 5.69 Å². The number of carbonyl (C=O) groups is 3. The average Bonchev–Trinajstić information content (AvgIpc) is 3.20. The van der Waals surface area contributed by atoms with Gasteiger partial charge >= 0.3 is 12.1 Å². The molecule has 0 amide bonds. The van der Waals surface area contributed by atoms with E-state index >= 15 is 0 Å². The van der Waals surface area contributed by atoms with Crippen molar-refractivity contribution >= 4 is 23.6 Å². The number of carbonyl (C=O) groups excluding carboxylic acids is 2. The van der Waals surface area contributed by atoms with Crippen LogP contribution in [0, 0.1) is 16.0 Å². The van der Waals surface area contributed by atoms with Crippen molar-refractivity contribution in [2.75, 3.05) is 14.2 Å². The number of ether oxygens (including phenoxy) is 4. The number of hydrogen-bond acceptors (Lipinski definition) is 11. The van der Waals surface area contributed by atoms with Crippen LogP contribution in [0.5, 0.6) is 11.5 Å². The fourth-order valence-electron chi connectivity index (χ4n) is 2.83. The Morgan fingerprint density at radius 1 is 1.00 bits per heavy atom. The summed E-state index contributed by atoms with van der Waals surface area (Å²) in [6.45, 7) is 6.48. The Morgan fingerprint density at radius 2 is 1.56 bits per heavy atom. The molecule has 0 saturated carbocycles. The van der Waals surface area contributed by atoms with E-state index in [-0.39, 0.29) is 11.5 Å². The van der Waals surface area contributed by atoms with Gasteiger partial charge in [0.1, 0.15) is 5.56 Å². The van der Waals surface area contributed by atoms with Crippen LogP contribution in [0.3, 0.4) is 0 Å². The van der Waals surface area contributed by atoms with Gasteiger partial charge in [0, 0.05) is 12.0 Å².